The van der Waals surface area contributed by atoms with E-state index in [-0.39, 0.29) is 41.4 Å². The molecule has 5 atom stereocenters. The number of hydrogen-bond donors (Lipinski definition) is 1. The van der Waals surface area contributed by atoms with Crippen LogP contribution < -0.4 is 10.9 Å². The number of imide groups is 1. The van der Waals surface area contributed by atoms with E-state index in [1.807, 2.05) is 18.2 Å². The van der Waals surface area contributed by atoms with Gasteiger partial charge in [-0.3, -0.25) is 38.9 Å². The molecule has 6 rings (SSSR count). The number of amides is 3. The highest BCUT2D eigenvalue weighted by atomic mass is 16.6. The Kier molecular flexibility index (Phi) is 6.01. The van der Waals surface area contributed by atoms with Crippen LogP contribution in [0.5, 0.6) is 0 Å². The van der Waals surface area contributed by atoms with Crippen LogP contribution in [0.2, 0.25) is 0 Å². The van der Waals surface area contributed by atoms with Crippen LogP contribution in [-0.4, -0.2) is 36.9 Å². The molecule has 2 bridgehead atoms. The summed E-state index contributed by atoms with van der Waals surface area (Å²) in [5, 5.41) is 14.2. The summed E-state index contributed by atoms with van der Waals surface area (Å²) in [7, 11) is 1.70. The van der Waals surface area contributed by atoms with Crippen molar-refractivity contribution in [1.82, 2.24) is 14.3 Å². The van der Waals surface area contributed by atoms with Crippen LogP contribution >= 0.6 is 0 Å². The van der Waals surface area contributed by atoms with Gasteiger partial charge in [-0.1, -0.05) is 42.5 Å². The van der Waals surface area contributed by atoms with E-state index in [1.54, 1.807) is 49.0 Å². The zero-order valence-electron chi connectivity index (χ0n) is 21.9. The Morgan fingerprint density at radius 2 is 1.68 bits per heavy atom. The van der Waals surface area contributed by atoms with E-state index in [2.05, 4.69) is 5.32 Å². The van der Waals surface area contributed by atoms with Crippen molar-refractivity contribution in [1.29, 1.82) is 0 Å². The molecule has 1 saturated carbocycles. The SMILES string of the molecule is Cc1c(NC(=O)CC(c2cccc([N+](=O)[O-])c2)N2C(=O)C3C4C=CC(C4)C3C2=O)c(=O)n(-c2ccccc2)n1C. The Morgan fingerprint density at radius 1 is 1.02 bits per heavy atom. The lowest BCUT2D eigenvalue weighted by atomic mass is 9.85. The standard InChI is InChI=1S/C29H27N5O6/c1-16-26(29(38)33(31(16)2)20-8-4-3-5-9-20)30-23(35)15-22(17-7-6-10-21(14-17)34(39)40)32-27(36)24-18-11-12-19(13-18)25(24)28(32)37/h3-12,14,18-19,22,24-25H,13,15H2,1-2H3,(H,30,35). The van der Waals surface area contributed by atoms with E-state index in [4.69, 9.17) is 0 Å². The van der Waals surface area contributed by atoms with Crippen molar-refractivity contribution in [3.63, 3.8) is 0 Å². The Hall–Kier alpha value is -4.80. The quantitative estimate of drug-likeness (QED) is 0.211. The highest BCUT2D eigenvalue weighted by molar-refractivity contribution is 6.07. The minimum Gasteiger partial charge on any atom is -0.320 e. The molecule has 0 spiro atoms. The van der Waals surface area contributed by atoms with E-state index in [0.717, 1.165) is 11.3 Å². The molecule has 3 aliphatic rings. The zero-order valence-corrected chi connectivity index (χ0v) is 21.9. The highest BCUT2D eigenvalue weighted by Gasteiger charge is 2.60. The number of allylic oxidation sites excluding steroid dienone is 2. The summed E-state index contributed by atoms with van der Waals surface area (Å²) in [5.74, 6) is -2.35. The number of nitrogens with one attached hydrogen (secondary N) is 1. The van der Waals surface area contributed by atoms with Crippen molar-refractivity contribution in [3.05, 3.63) is 98.5 Å². The average Bonchev–Trinajstić information content (AvgIpc) is 3.68. The molecule has 2 heterocycles. The zero-order chi connectivity index (χ0) is 28.3. The summed E-state index contributed by atoms with van der Waals surface area (Å²) < 4.78 is 3.06. The van der Waals surface area contributed by atoms with Gasteiger partial charge >= 0.3 is 0 Å². The summed E-state index contributed by atoms with van der Waals surface area (Å²) in [5.41, 5.74) is 0.867. The molecule has 3 amide bonds. The number of nitrogens with zero attached hydrogens (tertiary/aromatic N) is 4. The number of non-ortho nitro benzene ring substituents is 1. The summed E-state index contributed by atoms with van der Waals surface area (Å²) in [4.78, 5) is 66.1. The van der Waals surface area contributed by atoms with E-state index in [9.17, 15) is 29.3 Å². The van der Waals surface area contributed by atoms with Gasteiger partial charge in [0.1, 0.15) is 5.69 Å². The van der Waals surface area contributed by atoms with Crippen molar-refractivity contribution in [2.75, 3.05) is 5.32 Å². The molecule has 0 radical (unpaired) electrons. The third-order valence-electron chi connectivity index (χ3n) is 8.48. The molecule has 1 N–H and O–H groups in total. The Morgan fingerprint density at radius 3 is 2.30 bits per heavy atom. The van der Waals surface area contributed by atoms with Crippen molar-refractivity contribution >= 4 is 29.1 Å². The van der Waals surface area contributed by atoms with Gasteiger partial charge in [-0.05, 0) is 42.9 Å². The number of aromatic nitrogens is 2. The molecule has 1 aliphatic heterocycles. The smallest absolute Gasteiger partial charge is 0.295 e. The summed E-state index contributed by atoms with van der Waals surface area (Å²) in [6.07, 6.45) is 4.35. The van der Waals surface area contributed by atoms with Crippen molar-refractivity contribution < 1.29 is 19.3 Å². The van der Waals surface area contributed by atoms with Crippen LogP contribution in [-0.2, 0) is 21.4 Å². The Bertz CT molecular complexity index is 1620. The van der Waals surface area contributed by atoms with Crippen LogP contribution in [0, 0.1) is 40.7 Å². The number of hydrogen-bond acceptors (Lipinski definition) is 6. The van der Waals surface area contributed by atoms with E-state index in [0.29, 0.717) is 16.9 Å². The predicted molar refractivity (Wildman–Crippen MR) is 144 cm³/mol. The van der Waals surface area contributed by atoms with Crippen molar-refractivity contribution in [2.24, 2.45) is 30.7 Å². The molecule has 11 heteroatoms. The molecule has 2 aromatic carbocycles. The molecule has 1 saturated heterocycles. The first-order valence-corrected chi connectivity index (χ1v) is 13.1. The lowest BCUT2D eigenvalue weighted by Gasteiger charge is -2.28. The van der Waals surface area contributed by atoms with Crippen LogP contribution in [0.25, 0.3) is 5.69 Å². The second kappa shape index (κ2) is 9.44. The summed E-state index contributed by atoms with van der Waals surface area (Å²) in [6.45, 7) is 1.70. The molecule has 204 valence electrons. The fraction of sp³-hybridized carbons (Fsp3) is 0.310. The van der Waals surface area contributed by atoms with Crippen LogP contribution in [0.1, 0.15) is 30.1 Å². The lowest BCUT2D eigenvalue weighted by molar-refractivity contribution is -0.385. The maximum atomic E-state index is 13.6. The van der Waals surface area contributed by atoms with E-state index in [1.165, 1.54) is 22.9 Å². The molecule has 1 aromatic heterocycles. The molecule has 5 unspecified atom stereocenters. The van der Waals surface area contributed by atoms with Crippen LogP contribution in [0.4, 0.5) is 11.4 Å². The molecule has 11 nitrogen and oxygen atoms in total. The minimum absolute atomic E-state index is 0.0283. The van der Waals surface area contributed by atoms with Gasteiger partial charge in [0.25, 0.3) is 11.2 Å². The third-order valence-corrected chi connectivity index (χ3v) is 8.48. The maximum Gasteiger partial charge on any atom is 0.295 e. The topological polar surface area (TPSA) is 137 Å². The molecule has 2 fully saturated rings. The summed E-state index contributed by atoms with van der Waals surface area (Å²) in [6, 6.07) is 13.5. The second-order valence-corrected chi connectivity index (χ2v) is 10.6. The number of fused-ring (bicyclic) bond motifs is 5. The molecular formula is C29H27N5O6. The Balaban J connectivity index is 1.34. The average molecular weight is 542 g/mol. The van der Waals surface area contributed by atoms with Gasteiger partial charge in [-0.25, -0.2) is 4.68 Å². The largest absolute Gasteiger partial charge is 0.320 e. The molecule has 3 aromatic rings. The number of benzene rings is 2. The first-order valence-electron chi connectivity index (χ1n) is 13.1. The number of carbonyl (C=O) groups is 3. The highest BCUT2D eigenvalue weighted by Crippen LogP contribution is 2.54. The fourth-order valence-electron chi connectivity index (χ4n) is 6.51. The number of nitro benzene ring substituents is 1. The fourth-order valence-corrected chi connectivity index (χ4v) is 6.51. The minimum atomic E-state index is -1.06. The first-order chi connectivity index (χ1) is 19.2. The number of para-hydroxylation sites is 1. The lowest BCUT2D eigenvalue weighted by Crippen LogP contribution is -2.38. The van der Waals surface area contributed by atoms with Crippen LogP contribution in [0.3, 0.4) is 0 Å². The van der Waals surface area contributed by atoms with Gasteiger partial charge in [0.05, 0.1) is 40.6 Å². The summed E-state index contributed by atoms with van der Waals surface area (Å²) >= 11 is 0. The van der Waals surface area contributed by atoms with Crippen LogP contribution in [0.15, 0.2) is 71.5 Å². The number of carbonyl (C=O) groups excluding carboxylic acids is 3. The van der Waals surface area contributed by atoms with Gasteiger partial charge < -0.3 is 5.32 Å². The van der Waals surface area contributed by atoms with Gasteiger partial charge in [0, 0.05) is 19.2 Å². The van der Waals surface area contributed by atoms with Gasteiger partial charge in [0.15, 0.2) is 0 Å². The van der Waals surface area contributed by atoms with Gasteiger partial charge in [-0.15, -0.1) is 0 Å². The van der Waals surface area contributed by atoms with Crippen molar-refractivity contribution in [2.45, 2.75) is 25.8 Å². The molecule has 40 heavy (non-hydrogen) atoms. The number of rotatable bonds is 7. The normalized spacial score (nSPS) is 23.5. The van der Waals surface area contributed by atoms with E-state index < -0.39 is 34.3 Å². The second-order valence-electron chi connectivity index (χ2n) is 10.6. The molecule has 2 aliphatic carbocycles. The molecular weight excluding hydrogens is 514 g/mol. The van der Waals surface area contributed by atoms with E-state index >= 15 is 0 Å². The van der Waals surface area contributed by atoms with Gasteiger partial charge in [0.2, 0.25) is 17.7 Å². The maximum absolute atomic E-state index is 13.6. The monoisotopic (exact) mass is 541 g/mol. The first kappa shape index (κ1) is 25.5. The number of likely N-dealkylation sites (tertiary alicyclic amines) is 1. The van der Waals surface area contributed by atoms with Gasteiger partial charge in [-0.2, -0.15) is 0 Å². The number of nitro groups is 1. The number of anilines is 1. The predicted octanol–water partition coefficient (Wildman–Crippen LogP) is 3.27. The third kappa shape index (κ3) is 3.88. The van der Waals surface area contributed by atoms with Crippen molar-refractivity contribution in [3.8, 4) is 5.69 Å². The Labute approximate surface area is 228 Å².